The monoisotopic (exact) mass is 233 g/mol. The molecule has 1 amide bonds. The third-order valence-electron chi connectivity index (χ3n) is 2.56. The van der Waals surface area contributed by atoms with Gasteiger partial charge in [-0.1, -0.05) is 27.7 Å². The van der Waals surface area contributed by atoms with Gasteiger partial charge in [0.2, 0.25) is 5.91 Å². The van der Waals surface area contributed by atoms with Crippen LogP contribution in [0.2, 0.25) is 0 Å². The zero-order chi connectivity index (χ0) is 12.1. The molecule has 2 nitrogen and oxygen atoms in total. The fraction of sp³-hybridized carbons (Fsp3) is 0.917. The molecule has 0 aromatic heterocycles. The Morgan fingerprint density at radius 3 is 2.13 bits per heavy atom. The van der Waals surface area contributed by atoms with E-state index in [1.807, 2.05) is 0 Å². The van der Waals surface area contributed by atoms with Gasteiger partial charge >= 0.3 is 0 Å². The first-order valence-corrected chi connectivity index (χ1v) is 6.13. The van der Waals surface area contributed by atoms with Gasteiger partial charge in [0.1, 0.15) is 0 Å². The molecule has 0 aliphatic heterocycles. The Bertz CT molecular complexity index is 210. The summed E-state index contributed by atoms with van der Waals surface area (Å²) in [6.07, 6.45) is 2.29. The number of rotatable bonds is 5. The van der Waals surface area contributed by atoms with Crippen LogP contribution in [0.1, 0.15) is 53.9 Å². The minimum absolute atomic E-state index is 0.0414. The maximum atomic E-state index is 11.8. The van der Waals surface area contributed by atoms with Crippen molar-refractivity contribution in [3.63, 3.8) is 0 Å². The van der Waals surface area contributed by atoms with Crippen molar-refractivity contribution < 1.29 is 4.79 Å². The number of carbonyl (C=O) groups excluding carboxylic acids is 1. The Kier molecular flexibility index (Phi) is 5.65. The summed E-state index contributed by atoms with van der Waals surface area (Å²) in [5.41, 5.74) is -0.107. The maximum absolute atomic E-state index is 11.8. The molecule has 15 heavy (non-hydrogen) atoms. The summed E-state index contributed by atoms with van der Waals surface area (Å²) in [5, 5.41) is 3.08. The standard InChI is InChI=1S/C12H24ClNO/c1-6-12(5,7-8-13)14-10(15)9-11(2,3)4/h6-9H2,1-5H3,(H,14,15). The van der Waals surface area contributed by atoms with E-state index in [4.69, 9.17) is 11.6 Å². The van der Waals surface area contributed by atoms with E-state index in [0.29, 0.717) is 12.3 Å². The van der Waals surface area contributed by atoms with Crippen molar-refractivity contribution in [1.29, 1.82) is 0 Å². The van der Waals surface area contributed by atoms with Crippen LogP contribution in [0.25, 0.3) is 0 Å². The quantitative estimate of drug-likeness (QED) is 0.726. The van der Waals surface area contributed by atoms with Crippen molar-refractivity contribution in [1.82, 2.24) is 5.32 Å². The number of halogens is 1. The average molecular weight is 234 g/mol. The molecule has 3 heteroatoms. The fourth-order valence-corrected chi connectivity index (χ4v) is 1.82. The van der Waals surface area contributed by atoms with Crippen LogP contribution in [-0.2, 0) is 4.79 Å². The van der Waals surface area contributed by atoms with Crippen molar-refractivity contribution in [2.24, 2.45) is 5.41 Å². The number of carbonyl (C=O) groups is 1. The summed E-state index contributed by atoms with van der Waals surface area (Å²) in [6.45, 7) is 10.3. The second kappa shape index (κ2) is 5.74. The van der Waals surface area contributed by atoms with E-state index in [0.717, 1.165) is 12.8 Å². The average Bonchev–Trinajstić information content (AvgIpc) is 2.00. The highest BCUT2D eigenvalue weighted by Gasteiger charge is 2.25. The minimum Gasteiger partial charge on any atom is -0.351 e. The smallest absolute Gasteiger partial charge is 0.220 e. The summed E-state index contributed by atoms with van der Waals surface area (Å²) in [7, 11) is 0. The fourth-order valence-electron chi connectivity index (χ4n) is 1.40. The van der Waals surface area contributed by atoms with Crippen molar-refractivity contribution in [2.45, 2.75) is 59.4 Å². The third-order valence-corrected chi connectivity index (χ3v) is 2.75. The lowest BCUT2D eigenvalue weighted by molar-refractivity contribution is -0.124. The van der Waals surface area contributed by atoms with Crippen molar-refractivity contribution in [3.8, 4) is 0 Å². The van der Waals surface area contributed by atoms with Gasteiger partial charge in [0.25, 0.3) is 0 Å². The van der Waals surface area contributed by atoms with Crippen LogP contribution in [0, 0.1) is 5.41 Å². The lowest BCUT2D eigenvalue weighted by Gasteiger charge is -2.30. The first kappa shape index (κ1) is 14.8. The van der Waals surface area contributed by atoms with Gasteiger partial charge in [-0.25, -0.2) is 0 Å². The van der Waals surface area contributed by atoms with Crippen LogP contribution in [-0.4, -0.2) is 17.3 Å². The Labute approximate surface area is 98.8 Å². The lowest BCUT2D eigenvalue weighted by Crippen LogP contribution is -2.46. The molecule has 0 heterocycles. The molecular weight excluding hydrogens is 210 g/mol. The van der Waals surface area contributed by atoms with Gasteiger partial charge in [0.05, 0.1) is 0 Å². The molecule has 1 unspecified atom stereocenters. The first-order valence-electron chi connectivity index (χ1n) is 5.59. The highest BCUT2D eigenvalue weighted by Crippen LogP contribution is 2.21. The van der Waals surface area contributed by atoms with Crippen LogP contribution in [0.4, 0.5) is 0 Å². The summed E-state index contributed by atoms with van der Waals surface area (Å²) in [6, 6.07) is 0. The predicted molar refractivity (Wildman–Crippen MR) is 66.2 cm³/mol. The van der Waals surface area contributed by atoms with Crippen molar-refractivity contribution in [3.05, 3.63) is 0 Å². The molecular formula is C12H24ClNO. The Balaban J connectivity index is 4.24. The number of hydrogen-bond donors (Lipinski definition) is 1. The normalized spacial score (nSPS) is 15.9. The molecule has 0 spiro atoms. The molecule has 0 radical (unpaired) electrons. The van der Waals surface area contributed by atoms with Crippen LogP contribution < -0.4 is 5.32 Å². The molecule has 0 aromatic carbocycles. The zero-order valence-corrected chi connectivity index (χ0v) is 11.4. The van der Waals surface area contributed by atoms with Gasteiger partial charge in [-0.15, -0.1) is 11.6 Å². The molecule has 0 saturated heterocycles. The maximum Gasteiger partial charge on any atom is 0.220 e. The van der Waals surface area contributed by atoms with E-state index < -0.39 is 0 Å². The number of hydrogen-bond acceptors (Lipinski definition) is 1. The van der Waals surface area contributed by atoms with Gasteiger partial charge in [-0.3, -0.25) is 4.79 Å². The Morgan fingerprint density at radius 1 is 1.27 bits per heavy atom. The number of alkyl halides is 1. The molecule has 0 aromatic rings. The summed E-state index contributed by atoms with van der Waals surface area (Å²) in [4.78, 5) is 11.8. The molecule has 0 rings (SSSR count). The van der Waals surface area contributed by atoms with E-state index in [9.17, 15) is 4.79 Å². The second-order valence-corrected chi connectivity index (χ2v) is 6.02. The third kappa shape index (κ3) is 6.77. The van der Waals surface area contributed by atoms with E-state index in [-0.39, 0.29) is 16.9 Å². The molecule has 1 N–H and O–H groups in total. The van der Waals surface area contributed by atoms with Gasteiger partial charge in [0.15, 0.2) is 0 Å². The zero-order valence-electron chi connectivity index (χ0n) is 10.6. The molecule has 0 bridgehead atoms. The summed E-state index contributed by atoms with van der Waals surface area (Å²) in [5.74, 6) is 0.706. The molecule has 0 aliphatic carbocycles. The highest BCUT2D eigenvalue weighted by molar-refractivity contribution is 6.17. The van der Waals surface area contributed by atoms with Gasteiger partial charge in [-0.05, 0) is 25.2 Å². The highest BCUT2D eigenvalue weighted by atomic mass is 35.5. The predicted octanol–water partition coefficient (Wildman–Crippen LogP) is 3.34. The lowest BCUT2D eigenvalue weighted by atomic mass is 9.90. The molecule has 0 fully saturated rings. The first-order chi connectivity index (χ1) is 6.72. The molecule has 0 aliphatic rings. The van der Waals surface area contributed by atoms with E-state index in [1.54, 1.807) is 0 Å². The molecule has 90 valence electrons. The largest absolute Gasteiger partial charge is 0.351 e. The van der Waals surface area contributed by atoms with Crippen LogP contribution >= 0.6 is 11.6 Å². The minimum atomic E-state index is -0.149. The van der Waals surface area contributed by atoms with Crippen molar-refractivity contribution in [2.75, 3.05) is 5.88 Å². The van der Waals surface area contributed by atoms with Crippen LogP contribution in [0.5, 0.6) is 0 Å². The Morgan fingerprint density at radius 2 is 1.80 bits per heavy atom. The van der Waals surface area contributed by atoms with E-state index in [2.05, 4.69) is 39.9 Å². The molecule has 0 saturated carbocycles. The van der Waals surface area contributed by atoms with Gasteiger partial charge < -0.3 is 5.32 Å². The van der Waals surface area contributed by atoms with Gasteiger partial charge in [-0.2, -0.15) is 0 Å². The second-order valence-electron chi connectivity index (χ2n) is 5.64. The van der Waals surface area contributed by atoms with E-state index in [1.165, 1.54) is 0 Å². The van der Waals surface area contributed by atoms with Gasteiger partial charge in [0, 0.05) is 17.8 Å². The SMILES string of the molecule is CCC(C)(CCCl)NC(=O)CC(C)(C)C. The van der Waals surface area contributed by atoms with E-state index >= 15 is 0 Å². The topological polar surface area (TPSA) is 29.1 Å². The molecule has 1 atom stereocenters. The van der Waals surface area contributed by atoms with Crippen molar-refractivity contribution >= 4 is 17.5 Å². The summed E-state index contributed by atoms with van der Waals surface area (Å²) >= 11 is 5.73. The number of nitrogens with one attached hydrogen (secondary N) is 1. The van der Waals surface area contributed by atoms with Crippen LogP contribution in [0.15, 0.2) is 0 Å². The number of amides is 1. The Hall–Kier alpha value is -0.240. The summed E-state index contributed by atoms with van der Waals surface area (Å²) < 4.78 is 0. The van der Waals surface area contributed by atoms with Crippen LogP contribution in [0.3, 0.4) is 0 Å².